The molecule has 4 bridgehead atoms. The van der Waals surface area contributed by atoms with Crippen LogP contribution in [0.3, 0.4) is 0 Å². The van der Waals surface area contributed by atoms with Gasteiger partial charge in [0, 0.05) is 0 Å². The topological polar surface area (TPSA) is 52.6 Å². The Morgan fingerprint density at radius 3 is 1.86 bits per heavy atom. The maximum absolute atomic E-state index is 12.1. The van der Waals surface area contributed by atoms with Crippen LogP contribution >= 0.6 is 0 Å². The first-order valence-corrected chi connectivity index (χ1v) is 8.17. The lowest BCUT2D eigenvalue weighted by Gasteiger charge is -2.55. The quantitative estimate of drug-likeness (QED) is 0.592. The summed E-state index contributed by atoms with van der Waals surface area (Å²) in [6, 6.07) is 0. The minimum Gasteiger partial charge on any atom is -0.460 e. The third-order valence-corrected chi connectivity index (χ3v) is 5.02. The van der Waals surface area contributed by atoms with E-state index in [1.807, 2.05) is 0 Å². The minimum absolute atomic E-state index is 0.265. The highest BCUT2D eigenvalue weighted by Gasteiger charge is 2.53. The van der Waals surface area contributed by atoms with Crippen molar-refractivity contribution in [3.05, 3.63) is 0 Å². The summed E-state index contributed by atoms with van der Waals surface area (Å²) in [6.45, 7) is 5.40. The fraction of sp³-hybridized carbons (Fsp3) is 0.882. The first kappa shape index (κ1) is 14.9. The maximum Gasteiger partial charge on any atom is 0.317 e. The molecule has 118 valence electrons. The highest BCUT2D eigenvalue weighted by atomic mass is 16.6. The van der Waals surface area contributed by atoms with Crippen LogP contribution in [-0.2, 0) is 19.1 Å². The van der Waals surface area contributed by atoms with Gasteiger partial charge in [0.05, 0.1) is 0 Å². The molecule has 21 heavy (non-hydrogen) atoms. The van der Waals surface area contributed by atoms with Crippen molar-refractivity contribution in [2.45, 2.75) is 76.9 Å². The number of hydrogen-bond acceptors (Lipinski definition) is 4. The largest absolute Gasteiger partial charge is 0.460 e. The zero-order chi connectivity index (χ0) is 15.3. The summed E-state index contributed by atoms with van der Waals surface area (Å²) in [5, 5.41) is 0. The predicted molar refractivity (Wildman–Crippen MR) is 77.5 cm³/mol. The molecule has 4 aliphatic rings. The van der Waals surface area contributed by atoms with E-state index in [0.717, 1.165) is 37.0 Å². The Labute approximate surface area is 126 Å². The van der Waals surface area contributed by atoms with Crippen LogP contribution in [0.2, 0.25) is 0 Å². The number of carbonyl (C=O) groups excluding carboxylic acids is 2. The highest BCUT2D eigenvalue weighted by Crippen LogP contribution is 2.57. The van der Waals surface area contributed by atoms with Gasteiger partial charge in [-0.2, -0.15) is 0 Å². The smallest absolute Gasteiger partial charge is 0.317 e. The summed E-state index contributed by atoms with van der Waals surface area (Å²) in [6.07, 6.45) is 6.66. The number of ether oxygens (including phenoxy) is 2. The van der Waals surface area contributed by atoms with E-state index in [0.29, 0.717) is 0 Å². The Bertz CT molecular complexity index is 411. The molecule has 0 N–H and O–H groups in total. The van der Waals surface area contributed by atoms with Crippen molar-refractivity contribution in [2.75, 3.05) is 0 Å². The molecule has 0 spiro atoms. The average Bonchev–Trinajstić information content (AvgIpc) is 2.21. The maximum atomic E-state index is 12.1. The molecule has 4 aliphatic carbocycles. The van der Waals surface area contributed by atoms with Gasteiger partial charge in [-0.15, -0.1) is 0 Å². The molecule has 0 saturated heterocycles. The molecule has 0 amide bonds. The van der Waals surface area contributed by atoms with Crippen LogP contribution in [0.15, 0.2) is 0 Å². The van der Waals surface area contributed by atoms with Gasteiger partial charge in [0.2, 0.25) is 0 Å². The second kappa shape index (κ2) is 4.99. The Morgan fingerprint density at radius 2 is 1.43 bits per heavy atom. The molecule has 4 saturated carbocycles. The minimum atomic E-state index is -0.557. The summed E-state index contributed by atoms with van der Waals surface area (Å²) in [4.78, 5) is 23.8. The van der Waals surface area contributed by atoms with Gasteiger partial charge in [-0.05, 0) is 77.0 Å². The van der Waals surface area contributed by atoms with Gasteiger partial charge in [-0.1, -0.05) is 0 Å². The molecule has 4 heteroatoms. The molecule has 0 radical (unpaired) electrons. The second-order valence-corrected chi connectivity index (χ2v) is 8.34. The SMILES string of the molecule is CC(C)(C)OC(=O)CC(=O)OC12CC3CC(CC(C3)C1)C2. The normalized spacial score (nSPS) is 37.4. The van der Waals surface area contributed by atoms with Crippen LogP contribution in [0, 0.1) is 17.8 Å². The van der Waals surface area contributed by atoms with E-state index in [1.54, 1.807) is 20.8 Å². The fourth-order valence-electron chi connectivity index (χ4n) is 4.93. The van der Waals surface area contributed by atoms with Crippen molar-refractivity contribution in [1.82, 2.24) is 0 Å². The Kier molecular flexibility index (Phi) is 3.53. The van der Waals surface area contributed by atoms with E-state index in [9.17, 15) is 9.59 Å². The fourth-order valence-corrected chi connectivity index (χ4v) is 4.93. The van der Waals surface area contributed by atoms with Crippen molar-refractivity contribution in [3.63, 3.8) is 0 Å². The Balaban J connectivity index is 1.56. The lowest BCUT2D eigenvalue weighted by Crippen LogP contribution is -2.52. The zero-order valence-electron chi connectivity index (χ0n) is 13.3. The number of hydrogen-bond donors (Lipinski definition) is 0. The van der Waals surface area contributed by atoms with Crippen LogP contribution in [0.25, 0.3) is 0 Å². The first-order chi connectivity index (χ1) is 9.73. The molecule has 0 atom stereocenters. The van der Waals surface area contributed by atoms with E-state index in [1.165, 1.54) is 19.3 Å². The average molecular weight is 294 g/mol. The van der Waals surface area contributed by atoms with Gasteiger partial charge in [-0.3, -0.25) is 9.59 Å². The van der Waals surface area contributed by atoms with E-state index in [2.05, 4.69) is 0 Å². The molecule has 0 aliphatic heterocycles. The third-order valence-electron chi connectivity index (χ3n) is 5.02. The van der Waals surface area contributed by atoms with Gasteiger partial charge in [0.1, 0.15) is 17.6 Å². The number of carbonyl (C=O) groups is 2. The van der Waals surface area contributed by atoms with Crippen LogP contribution in [-0.4, -0.2) is 23.1 Å². The summed E-state index contributed by atoms with van der Waals surface area (Å²) in [7, 11) is 0. The zero-order valence-corrected chi connectivity index (χ0v) is 13.3. The molecule has 0 aromatic rings. The molecule has 0 unspecified atom stereocenters. The van der Waals surface area contributed by atoms with Gasteiger partial charge >= 0.3 is 11.9 Å². The molecule has 0 heterocycles. The summed E-state index contributed by atoms with van der Waals surface area (Å²) in [5.41, 5.74) is -0.827. The summed E-state index contributed by atoms with van der Waals surface area (Å²) >= 11 is 0. The summed E-state index contributed by atoms with van der Waals surface area (Å²) < 4.78 is 11.0. The molecule has 4 nitrogen and oxygen atoms in total. The van der Waals surface area contributed by atoms with Crippen molar-refractivity contribution < 1.29 is 19.1 Å². The van der Waals surface area contributed by atoms with Crippen LogP contribution < -0.4 is 0 Å². The van der Waals surface area contributed by atoms with Crippen molar-refractivity contribution >= 4 is 11.9 Å². The third kappa shape index (κ3) is 3.41. The predicted octanol–water partition coefficient (Wildman–Crippen LogP) is 3.23. The van der Waals surface area contributed by atoms with Gasteiger partial charge in [-0.25, -0.2) is 0 Å². The number of esters is 2. The standard InChI is InChI=1S/C17H26O4/c1-16(2,3)20-14(18)7-15(19)21-17-8-11-4-12(9-17)6-13(5-11)10-17/h11-13H,4-10H2,1-3H3. The lowest BCUT2D eigenvalue weighted by molar-refractivity contribution is -0.189. The van der Waals surface area contributed by atoms with Crippen molar-refractivity contribution in [2.24, 2.45) is 17.8 Å². The van der Waals surface area contributed by atoms with Crippen LogP contribution in [0.1, 0.15) is 65.7 Å². The van der Waals surface area contributed by atoms with Crippen molar-refractivity contribution in [1.29, 1.82) is 0 Å². The van der Waals surface area contributed by atoms with E-state index in [-0.39, 0.29) is 12.0 Å². The van der Waals surface area contributed by atoms with Crippen LogP contribution in [0.5, 0.6) is 0 Å². The molecule has 0 aromatic heterocycles. The monoisotopic (exact) mass is 294 g/mol. The summed E-state index contributed by atoms with van der Waals surface area (Å²) in [5.74, 6) is 1.28. The highest BCUT2D eigenvalue weighted by molar-refractivity contribution is 5.91. The van der Waals surface area contributed by atoms with Gasteiger partial charge in [0.15, 0.2) is 0 Å². The first-order valence-electron chi connectivity index (χ1n) is 8.17. The number of rotatable bonds is 3. The second-order valence-electron chi connectivity index (χ2n) is 8.34. The Hall–Kier alpha value is -1.06. The molecular weight excluding hydrogens is 268 g/mol. The lowest BCUT2D eigenvalue weighted by atomic mass is 9.54. The molecule has 4 fully saturated rings. The molecule has 0 aromatic carbocycles. The van der Waals surface area contributed by atoms with E-state index >= 15 is 0 Å². The molecular formula is C17H26O4. The molecule has 4 rings (SSSR count). The van der Waals surface area contributed by atoms with Crippen LogP contribution in [0.4, 0.5) is 0 Å². The van der Waals surface area contributed by atoms with E-state index < -0.39 is 17.5 Å². The Morgan fingerprint density at radius 1 is 0.952 bits per heavy atom. The van der Waals surface area contributed by atoms with Gasteiger partial charge < -0.3 is 9.47 Å². The van der Waals surface area contributed by atoms with E-state index in [4.69, 9.17) is 9.47 Å². The van der Waals surface area contributed by atoms with Crippen molar-refractivity contribution in [3.8, 4) is 0 Å². The van der Waals surface area contributed by atoms with Gasteiger partial charge in [0.25, 0.3) is 0 Å².